The van der Waals surface area contributed by atoms with Crippen LogP contribution in [-0.4, -0.2) is 49.3 Å². The standard InChI is InChI=1S/C32H54N8.O.Ti/c1-2-10-18-17(9-1)25-33-26(18)38-28-21-13-5-6-14-22(21)30(35-28)40-32-24-16-8-7-15-23(24)31(36-32)39-29-20-12-4-3-11-19(20)27(34-29)37-25;;/h17-34,37-40H,1-16H2;;/q2*-2;+4. The van der Waals surface area contributed by atoms with Gasteiger partial charge in [-0.05, 0) is 73.0 Å². The van der Waals surface area contributed by atoms with Crippen molar-refractivity contribution >= 4 is 0 Å². The monoisotopic (exact) mass is 614 g/mol. The first kappa shape index (κ1) is 31.0. The fraction of sp³-hybridized carbons (Fsp3) is 1.00. The van der Waals surface area contributed by atoms with E-state index in [1.165, 1.54) is 103 Å². The Hall–Kier alpha value is 0.354. The molecule has 4 saturated carbocycles. The van der Waals surface area contributed by atoms with Crippen LogP contribution in [0.3, 0.4) is 0 Å². The van der Waals surface area contributed by atoms with Crippen LogP contribution in [0.2, 0.25) is 0 Å². The predicted octanol–water partition coefficient (Wildman–Crippen LogP) is 4.05. The molecule has 0 aromatic carbocycles. The Kier molecular flexibility index (Phi) is 9.49. The second-order valence-electron chi connectivity index (χ2n) is 15.4. The Morgan fingerprint density at radius 3 is 0.857 bits per heavy atom. The largest absolute Gasteiger partial charge is 4.00 e. The number of hydrogen-bond acceptors (Lipinski definition) is 6. The average Bonchev–Trinajstić information content (AvgIpc) is 3.73. The van der Waals surface area contributed by atoms with Gasteiger partial charge in [0.05, 0.1) is 24.7 Å². The Bertz CT molecular complexity index is 723. The third-order valence-electron chi connectivity index (χ3n) is 13.6. The van der Waals surface area contributed by atoms with E-state index in [0.29, 0.717) is 48.3 Å². The summed E-state index contributed by atoms with van der Waals surface area (Å²) in [5.74, 6) is 5.59. The van der Waals surface area contributed by atoms with E-state index in [0.717, 1.165) is 23.7 Å². The summed E-state index contributed by atoms with van der Waals surface area (Å²) < 4.78 is 0. The summed E-state index contributed by atoms with van der Waals surface area (Å²) in [7, 11) is 0. The normalized spacial score (nSPS) is 54.9. The van der Waals surface area contributed by atoms with Crippen LogP contribution in [0.25, 0.3) is 10.6 Å². The van der Waals surface area contributed by atoms with Gasteiger partial charge in [-0.3, -0.25) is 16.0 Å². The Labute approximate surface area is 268 Å². The van der Waals surface area contributed by atoms with Gasteiger partial charge < -0.3 is 32.1 Å². The molecule has 5 aliphatic heterocycles. The molecule has 0 amide bonds. The molecule has 0 aromatic rings. The fourth-order valence-corrected chi connectivity index (χ4v) is 11.7. The van der Waals surface area contributed by atoms with E-state index in [4.69, 9.17) is 10.6 Å². The van der Waals surface area contributed by atoms with Crippen LogP contribution >= 0.6 is 0 Å². The molecular formula is C32H54N8OTi. The third kappa shape index (κ3) is 5.32. The molecule has 16 atom stereocenters. The molecule has 0 radical (unpaired) electrons. The average molecular weight is 615 g/mol. The molecule has 9 aliphatic rings. The quantitative estimate of drug-likeness (QED) is 0.229. The topological polar surface area (TPSA) is 129 Å². The molecule has 6 N–H and O–H groups in total. The zero-order valence-corrected chi connectivity index (χ0v) is 26.9. The van der Waals surface area contributed by atoms with Crippen molar-refractivity contribution in [3.8, 4) is 0 Å². The van der Waals surface area contributed by atoms with E-state index in [-0.39, 0.29) is 51.9 Å². The smallest absolute Gasteiger partial charge is 2.00 e. The molecule has 42 heavy (non-hydrogen) atoms. The van der Waals surface area contributed by atoms with Crippen LogP contribution < -0.4 is 31.9 Å². The van der Waals surface area contributed by atoms with E-state index in [9.17, 15) is 0 Å². The molecule has 4 aliphatic carbocycles. The number of rotatable bonds is 0. The molecule has 232 valence electrons. The predicted molar refractivity (Wildman–Crippen MR) is 158 cm³/mol. The minimum atomic E-state index is 0. The van der Waals surface area contributed by atoms with E-state index >= 15 is 0 Å². The van der Waals surface area contributed by atoms with Crippen LogP contribution in [0.1, 0.15) is 103 Å². The maximum atomic E-state index is 5.60. The van der Waals surface area contributed by atoms with Gasteiger partial charge in [-0.1, -0.05) is 102 Å². The third-order valence-corrected chi connectivity index (χ3v) is 13.6. The Morgan fingerprint density at radius 1 is 0.310 bits per heavy atom. The van der Waals surface area contributed by atoms with Crippen molar-refractivity contribution in [2.75, 3.05) is 0 Å². The summed E-state index contributed by atoms with van der Waals surface area (Å²) in [4.78, 5) is 0. The van der Waals surface area contributed by atoms with Gasteiger partial charge in [0.15, 0.2) is 0 Å². The molecule has 10 heteroatoms. The molecule has 5 heterocycles. The van der Waals surface area contributed by atoms with E-state index in [1.807, 2.05) is 0 Å². The summed E-state index contributed by atoms with van der Waals surface area (Å²) in [5, 5.41) is 36.3. The molecule has 5 saturated heterocycles. The molecule has 16 unspecified atom stereocenters. The van der Waals surface area contributed by atoms with E-state index < -0.39 is 0 Å². The van der Waals surface area contributed by atoms with Gasteiger partial charge in [0, 0.05) is 0 Å². The Morgan fingerprint density at radius 2 is 0.548 bits per heavy atom. The summed E-state index contributed by atoms with van der Waals surface area (Å²) in [6.45, 7) is 0. The molecule has 9 rings (SSSR count). The van der Waals surface area contributed by atoms with Crippen molar-refractivity contribution in [2.24, 2.45) is 47.3 Å². The zero-order chi connectivity index (χ0) is 26.2. The van der Waals surface area contributed by atoms with Gasteiger partial charge in [-0.15, -0.1) is 0 Å². The second-order valence-corrected chi connectivity index (χ2v) is 15.4. The SMILES string of the molecule is C1CCC2C3[N-]C(NC4[N-]C(NC5NC(NC6NC(N3)C3CCCCC63)C3CCCCC53)C3CCCCC43)C2C1.[O-2].[Ti+4]. The summed E-state index contributed by atoms with van der Waals surface area (Å²) in [6.07, 6.45) is 24.5. The van der Waals surface area contributed by atoms with Gasteiger partial charge in [-0.25, -0.2) is 0 Å². The van der Waals surface area contributed by atoms with Crippen molar-refractivity contribution < 1.29 is 27.2 Å². The van der Waals surface area contributed by atoms with Crippen LogP contribution in [-0.2, 0) is 27.2 Å². The fourth-order valence-electron chi connectivity index (χ4n) is 11.7. The number of fused-ring (bicyclic) bond motifs is 20. The molecule has 0 spiro atoms. The van der Waals surface area contributed by atoms with Gasteiger partial charge >= 0.3 is 21.7 Å². The Balaban J connectivity index is 0.00000144. The minimum Gasteiger partial charge on any atom is -2.00 e. The number of nitrogens with zero attached hydrogens (tertiary/aromatic N) is 2. The van der Waals surface area contributed by atoms with Gasteiger partial charge in [0.25, 0.3) is 0 Å². The van der Waals surface area contributed by atoms with Crippen LogP contribution in [0.4, 0.5) is 0 Å². The molecule has 9 nitrogen and oxygen atoms in total. The first-order valence-electron chi connectivity index (χ1n) is 17.8. The first-order valence-corrected chi connectivity index (χ1v) is 17.8. The molecular weight excluding hydrogens is 560 g/mol. The van der Waals surface area contributed by atoms with Crippen molar-refractivity contribution in [3.63, 3.8) is 0 Å². The second kappa shape index (κ2) is 12.9. The number of hydrogen-bond donors (Lipinski definition) is 6. The molecule has 0 aromatic heterocycles. The van der Waals surface area contributed by atoms with Gasteiger partial charge in [0.1, 0.15) is 0 Å². The van der Waals surface area contributed by atoms with Crippen molar-refractivity contribution in [1.29, 1.82) is 0 Å². The van der Waals surface area contributed by atoms with Crippen molar-refractivity contribution in [2.45, 2.75) is 152 Å². The first-order chi connectivity index (χ1) is 19.8. The van der Waals surface area contributed by atoms with Crippen LogP contribution in [0, 0.1) is 47.3 Å². The van der Waals surface area contributed by atoms with Crippen LogP contribution in [0.5, 0.6) is 0 Å². The summed E-state index contributed by atoms with van der Waals surface area (Å²) >= 11 is 0. The van der Waals surface area contributed by atoms with Gasteiger partial charge in [0.2, 0.25) is 0 Å². The van der Waals surface area contributed by atoms with Crippen LogP contribution in [0.15, 0.2) is 0 Å². The maximum absolute atomic E-state index is 5.60. The molecule has 9 fully saturated rings. The summed E-state index contributed by atoms with van der Waals surface area (Å²) in [6, 6.07) is 0. The van der Waals surface area contributed by atoms with E-state index in [1.54, 1.807) is 0 Å². The van der Waals surface area contributed by atoms with Crippen molar-refractivity contribution in [3.05, 3.63) is 10.6 Å². The zero-order valence-electron chi connectivity index (χ0n) is 25.4. The van der Waals surface area contributed by atoms with E-state index in [2.05, 4.69) is 31.9 Å². The maximum Gasteiger partial charge on any atom is 4.00 e. The van der Waals surface area contributed by atoms with Gasteiger partial charge in [-0.2, -0.15) is 0 Å². The minimum absolute atomic E-state index is 0. The summed E-state index contributed by atoms with van der Waals surface area (Å²) in [5.41, 5.74) is 0. The molecule has 8 bridgehead atoms. The van der Waals surface area contributed by atoms with Crippen molar-refractivity contribution in [1.82, 2.24) is 31.9 Å². The number of nitrogens with one attached hydrogen (secondary N) is 6.